The number of anilines is 1. The van der Waals surface area contributed by atoms with Gasteiger partial charge in [0, 0.05) is 10.4 Å². The molecular weight excluding hydrogens is 249 g/mol. The summed E-state index contributed by atoms with van der Waals surface area (Å²) < 4.78 is 13.9. The molecular formula is C10H11BrFNO. The SMILES string of the molecule is CC(C)C(=O)Nc1cc(Br)ccc1F. The molecule has 1 N–H and O–H groups in total. The molecule has 0 unspecified atom stereocenters. The molecule has 0 bridgehead atoms. The lowest BCUT2D eigenvalue weighted by molar-refractivity contribution is -0.118. The molecule has 1 aromatic rings. The maximum atomic E-state index is 13.2. The van der Waals surface area contributed by atoms with Gasteiger partial charge in [-0.3, -0.25) is 4.79 Å². The summed E-state index contributed by atoms with van der Waals surface area (Å²) >= 11 is 3.21. The number of amides is 1. The molecule has 0 aromatic heterocycles. The topological polar surface area (TPSA) is 29.1 Å². The molecule has 0 radical (unpaired) electrons. The first kappa shape index (κ1) is 11.2. The Kier molecular flexibility index (Phi) is 3.63. The number of hydrogen-bond donors (Lipinski definition) is 1. The third-order valence-electron chi connectivity index (χ3n) is 1.71. The maximum absolute atomic E-state index is 13.2. The molecule has 76 valence electrons. The zero-order chi connectivity index (χ0) is 10.7. The highest BCUT2D eigenvalue weighted by atomic mass is 79.9. The van der Waals surface area contributed by atoms with Crippen LogP contribution >= 0.6 is 15.9 Å². The molecule has 14 heavy (non-hydrogen) atoms. The van der Waals surface area contributed by atoms with Crippen molar-refractivity contribution >= 4 is 27.5 Å². The molecule has 1 amide bonds. The summed E-state index contributed by atoms with van der Waals surface area (Å²) in [6.45, 7) is 3.51. The van der Waals surface area contributed by atoms with Crippen molar-refractivity contribution in [2.24, 2.45) is 5.92 Å². The van der Waals surface area contributed by atoms with Gasteiger partial charge in [0.2, 0.25) is 5.91 Å². The van der Waals surface area contributed by atoms with Crippen LogP contribution in [0.15, 0.2) is 22.7 Å². The first-order valence-electron chi connectivity index (χ1n) is 4.26. The second kappa shape index (κ2) is 4.55. The fourth-order valence-corrected chi connectivity index (χ4v) is 1.23. The minimum absolute atomic E-state index is 0.159. The van der Waals surface area contributed by atoms with Crippen LogP contribution in [0.5, 0.6) is 0 Å². The molecule has 0 aliphatic rings. The Labute approximate surface area is 90.6 Å². The second-order valence-corrected chi connectivity index (χ2v) is 4.18. The lowest BCUT2D eigenvalue weighted by Crippen LogP contribution is -2.18. The van der Waals surface area contributed by atoms with Crippen LogP contribution in [-0.2, 0) is 4.79 Å². The summed E-state index contributed by atoms with van der Waals surface area (Å²) in [5.74, 6) is -0.780. The zero-order valence-electron chi connectivity index (χ0n) is 7.97. The van der Waals surface area contributed by atoms with Crippen LogP contribution in [0.2, 0.25) is 0 Å². The number of hydrogen-bond acceptors (Lipinski definition) is 1. The highest BCUT2D eigenvalue weighted by Crippen LogP contribution is 2.20. The number of halogens is 2. The van der Waals surface area contributed by atoms with E-state index in [-0.39, 0.29) is 17.5 Å². The highest BCUT2D eigenvalue weighted by molar-refractivity contribution is 9.10. The Morgan fingerprint density at radius 1 is 1.50 bits per heavy atom. The summed E-state index contributed by atoms with van der Waals surface area (Å²) in [4.78, 5) is 11.3. The molecule has 0 saturated carbocycles. The van der Waals surface area contributed by atoms with Crippen molar-refractivity contribution in [3.63, 3.8) is 0 Å². The summed E-state index contributed by atoms with van der Waals surface area (Å²) in [6.07, 6.45) is 0. The number of nitrogens with one attached hydrogen (secondary N) is 1. The average molecular weight is 260 g/mol. The van der Waals surface area contributed by atoms with E-state index < -0.39 is 5.82 Å². The predicted molar refractivity (Wildman–Crippen MR) is 57.6 cm³/mol. The van der Waals surface area contributed by atoms with Gasteiger partial charge in [0.05, 0.1) is 5.69 Å². The third kappa shape index (κ3) is 2.80. The Balaban J connectivity index is 2.86. The van der Waals surface area contributed by atoms with Crippen LogP contribution < -0.4 is 5.32 Å². The minimum Gasteiger partial charge on any atom is -0.323 e. The number of rotatable bonds is 2. The van der Waals surface area contributed by atoms with E-state index in [4.69, 9.17) is 0 Å². The van der Waals surface area contributed by atoms with E-state index >= 15 is 0 Å². The standard InChI is InChI=1S/C10H11BrFNO/c1-6(2)10(14)13-9-5-7(11)3-4-8(9)12/h3-6H,1-2H3,(H,13,14). The molecule has 0 aliphatic heterocycles. The monoisotopic (exact) mass is 259 g/mol. The Morgan fingerprint density at radius 3 is 2.71 bits per heavy atom. The van der Waals surface area contributed by atoms with Crippen LogP contribution in [-0.4, -0.2) is 5.91 Å². The van der Waals surface area contributed by atoms with Gasteiger partial charge in [-0.15, -0.1) is 0 Å². The van der Waals surface area contributed by atoms with Crippen LogP contribution in [0, 0.1) is 11.7 Å². The molecule has 4 heteroatoms. The van der Waals surface area contributed by atoms with Gasteiger partial charge in [0.15, 0.2) is 0 Å². The quantitative estimate of drug-likeness (QED) is 0.869. The van der Waals surface area contributed by atoms with Gasteiger partial charge in [-0.2, -0.15) is 0 Å². The highest BCUT2D eigenvalue weighted by Gasteiger charge is 2.10. The molecule has 0 fully saturated rings. The third-order valence-corrected chi connectivity index (χ3v) is 2.20. The van der Waals surface area contributed by atoms with Crippen LogP contribution in [0.25, 0.3) is 0 Å². The van der Waals surface area contributed by atoms with E-state index in [1.165, 1.54) is 12.1 Å². The molecule has 1 aromatic carbocycles. The predicted octanol–water partition coefficient (Wildman–Crippen LogP) is 3.18. The van der Waals surface area contributed by atoms with Crippen molar-refractivity contribution in [1.29, 1.82) is 0 Å². The van der Waals surface area contributed by atoms with Crippen molar-refractivity contribution in [3.05, 3.63) is 28.5 Å². The lowest BCUT2D eigenvalue weighted by Gasteiger charge is -2.08. The van der Waals surface area contributed by atoms with E-state index in [0.717, 1.165) is 4.47 Å². The molecule has 1 rings (SSSR count). The van der Waals surface area contributed by atoms with Crippen LogP contribution in [0.3, 0.4) is 0 Å². The largest absolute Gasteiger partial charge is 0.323 e. The summed E-state index contributed by atoms with van der Waals surface area (Å²) in [6, 6.07) is 4.43. The van der Waals surface area contributed by atoms with E-state index in [9.17, 15) is 9.18 Å². The first-order chi connectivity index (χ1) is 6.50. The molecule has 0 spiro atoms. The molecule has 0 heterocycles. The molecule has 2 nitrogen and oxygen atoms in total. The van der Waals surface area contributed by atoms with Gasteiger partial charge in [-0.1, -0.05) is 29.8 Å². The van der Waals surface area contributed by atoms with Crippen molar-refractivity contribution in [2.75, 3.05) is 5.32 Å². The van der Waals surface area contributed by atoms with Crippen molar-refractivity contribution in [1.82, 2.24) is 0 Å². The molecule has 0 saturated heterocycles. The van der Waals surface area contributed by atoms with Crippen molar-refractivity contribution in [3.8, 4) is 0 Å². The first-order valence-corrected chi connectivity index (χ1v) is 5.06. The van der Waals surface area contributed by atoms with Crippen LogP contribution in [0.1, 0.15) is 13.8 Å². The van der Waals surface area contributed by atoms with Gasteiger partial charge < -0.3 is 5.32 Å². The van der Waals surface area contributed by atoms with Gasteiger partial charge >= 0.3 is 0 Å². The Bertz CT molecular complexity index is 352. The fraction of sp³-hybridized carbons (Fsp3) is 0.300. The van der Waals surface area contributed by atoms with Gasteiger partial charge in [0.25, 0.3) is 0 Å². The second-order valence-electron chi connectivity index (χ2n) is 3.27. The van der Waals surface area contributed by atoms with Crippen molar-refractivity contribution in [2.45, 2.75) is 13.8 Å². The summed E-state index contributed by atoms with van der Waals surface area (Å²) in [5, 5.41) is 2.51. The maximum Gasteiger partial charge on any atom is 0.227 e. The Hall–Kier alpha value is -0.900. The molecule has 0 aliphatic carbocycles. The zero-order valence-corrected chi connectivity index (χ0v) is 9.56. The number of carbonyl (C=O) groups is 1. The Morgan fingerprint density at radius 2 is 2.14 bits per heavy atom. The minimum atomic E-state index is -0.429. The number of benzene rings is 1. The van der Waals surface area contributed by atoms with E-state index in [1.807, 2.05) is 0 Å². The summed E-state index contributed by atoms with van der Waals surface area (Å²) in [5.41, 5.74) is 0.207. The normalized spacial score (nSPS) is 10.4. The molecule has 0 atom stereocenters. The van der Waals surface area contributed by atoms with Gasteiger partial charge in [0.1, 0.15) is 5.82 Å². The van der Waals surface area contributed by atoms with E-state index in [2.05, 4.69) is 21.2 Å². The van der Waals surface area contributed by atoms with Crippen LogP contribution in [0.4, 0.5) is 10.1 Å². The lowest BCUT2D eigenvalue weighted by atomic mass is 10.2. The van der Waals surface area contributed by atoms with Crippen molar-refractivity contribution < 1.29 is 9.18 Å². The van der Waals surface area contributed by atoms with E-state index in [1.54, 1.807) is 19.9 Å². The fourth-order valence-electron chi connectivity index (χ4n) is 0.870. The smallest absolute Gasteiger partial charge is 0.227 e. The van der Waals surface area contributed by atoms with Gasteiger partial charge in [-0.05, 0) is 18.2 Å². The average Bonchev–Trinajstić information content (AvgIpc) is 2.11. The summed E-state index contributed by atoms with van der Waals surface area (Å²) in [7, 11) is 0. The number of carbonyl (C=O) groups excluding carboxylic acids is 1. The van der Waals surface area contributed by atoms with Gasteiger partial charge in [-0.25, -0.2) is 4.39 Å². The van der Waals surface area contributed by atoms with E-state index in [0.29, 0.717) is 0 Å².